The van der Waals surface area contributed by atoms with Crippen LogP contribution in [0.15, 0.2) is 41.7 Å². The van der Waals surface area contributed by atoms with Crippen LogP contribution < -0.4 is 0 Å². The number of aryl methyl sites for hydroxylation is 1. The van der Waals surface area contributed by atoms with E-state index in [2.05, 4.69) is 9.97 Å². The third-order valence-corrected chi connectivity index (χ3v) is 3.33. The number of hydrogen-bond acceptors (Lipinski definition) is 4. The molecule has 0 saturated carbocycles. The van der Waals surface area contributed by atoms with Gasteiger partial charge in [0.05, 0.1) is 11.3 Å². The van der Waals surface area contributed by atoms with Crippen molar-refractivity contribution in [3.63, 3.8) is 0 Å². The smallest absolute Gasteiger partial charge is 0.339 e. The van der Waals surface area contributed by atoms with E-state index in [0.29, 0.717) is 10.9 Å². The number of aromatic carboxylic acids is 1. The van der Waals surface area contributed by atoms with Crippen LogP contribution in [0.4, 0.5) is 0 Å². The van der Waals surface area contributed by atoms with Gasteiger partial charge in [-0.05, 0) is 12.5 Å². The normalized spacial score (nSPS) is 10.3. The van der Waals surface area contributed by atoms with Crippen molar-refractivity contribution >= 4 is 17.7 Å². The fourth-order valence-electron chi connectivity index (χ4n) is 1.45. The first-order chi connectivity index (χ1) is 8.66. The fourth-order valence-corrected chi connectivity index (χ4v) is 2.26. The maximum atomic E-state index is 10.8. The van der Waals surface area contributed by atoms with Gasteiger partial charge in [-0.3, -0.25) is 0 Å². The van der Waals surface area contributed by atoms with Crippen molar-refractivity contribution in [3.05, 3.63) is 53.3 Å². The van der Waals surface area contributed by atoms with Crippen LogP contribution in [0.3, 0.4) is 0 Å². The molecule has 0 unspecified atom stereocenters. The number of hydrogen-bond donors (Lipinski definition) is 1. The van der Waals surface area contributed by atoms with Crippen LogP contribution in [0.5, 0.6) is 0 Å². The fraction of sp³-hybridized carbons (Fsp3) is 0.154. The lowest BCUT2D eigenvalue weighted by molar-refractivity contribution is 0.0695. The average molecular weight is 260 g/mol. The Balaban J connectivity index is 2.07. The van der Waals surface area contributed by atoms with E-state index in [-0.39, 0.29) is 5.56 Å². The van der Waals surface area contributed by atoms with E-state index in [1.807, 2.05) is 30.3 Å². The summed E-state index contributed by atoms with van der Waals surface area (Å²) in [4.78, 5) is 19.1. The minimum atomic E-state index is -0.993. The summed E-state index contributed by atoms with van der Waals surface area (Å²) < 4.78 is 0. The second kappa shape index (κ2) is 5.64. The third-order valence-electron chi connectivity index (χ3n) is 2.40. The monoisotopic (exact) mass is 260 g/mol. The Morgan fingerprint density at radius 3 is 2.67 bits per heavy atom. The summed E-state index contributed by atoms with van der Waals surface area (Å²) in [5.41, 5.74) is 1.83. The average Bonchev–Trinajstić information content (AvgIpc) is 2.37. The second-order valence-corrected chi connectivity index (χ2v) is 4.67. The SMILES string of the molecule is Cc1nc(SCc2ccccc2)ncc1C(=O)O. The number of nitrogens with zero attached hydrogens (tertiary/aromatic N) is 2. The summed E-state index contributed by atoms with van der Waals surface area (Å²) in [7, 11) is 0. The zero-order valence-electron chi connectivity index (χ0n) is 9.83. The first-order valence-electron chi connectivity index (χ1n) is 5.40. The van der Waals surface area contributed by atoms with Gasteiger partial charge in [0.25, 0.3) is 0 Å². The van der Waals surface area contributed by atoms with Gasteiger partial charge < -0.3 is 5.11 Å². The molecule has 0 fully saturated rings. The molecule has 0 spiro atoms. The lowest BCUT2D eigenvalue weighted by Gasteiger charge is -2.03. The Morgan fingerprint density at radius 1 is 1.33 bits per heavy atom. The van der Waals surface area contributed by atoms with Crippen molar-refractivity contribution in [3.8, 4) is 0 Å². The zero-order valence-corrected chi connectivity index (χ0v) is 10.6. The van der Waals surface area contributed by atoms with Crippen LogP contribution in [0.2, 0.25) is 0 Å². The van der Waals surface area contributed by atoms with Gasteiger partial charge in [0.1, 0.15) is 0 Å². The van der Waals surface area contributed by atoms with Crippen molar-refractivity contribution < 1.29 is 9.90 Å². The molecule has 0 atom stereocenters. The number of benzene rings is 1. The molecule has 92 valence electrons. The highest BCUT2D eigenvalue weighted by Crippen LogP contribution is 2.19. The Morgan fingerprint density at radius 2 is 2.06 bits per heavy atom. The molecular weight excluding hydrogens is 248 g/mol. The highest BCUT2D eigenvalue weighted by molar-refractivity contribution is 7.98. The molecule has 0 aliphatic heterocycles. The van der Waals surface area contributed by atoms with E-state index < -0.39 is 5.97 Å². The predicted octanol–water partition coefficient (Wildman–Crippen LogP) is 2.78. The van der Waals surface area contributed by atoms with Crippen LogP contribution in [0.25, 0.3) is 0 Å². The minimum Gasteiger partial charge on any atom is -0.478 e. The molecule has 0 aliphatic rings. The zero-order chi connectivity index (χ0) is 13.0. The molecular formula is C13H12N2O2S. The Bertz CT molecular complexity index is 558. The highest BCUT2D eigenvalue weighted by atomic mass is 32.2. The molecule has 2 rings (SSSR count). The molecule has 18 heavy (non-hydrogen) atoms. The maximum absolute atomic E-state index is 10.8. The van der Waals surface area contributed by atoms with Crippen LogP contribution in [0.1, 0.15) is 21.6 Å². The summed E-state index contributed by atoms with van der Waals surface area (Å²) in [6.07, 6.45) is 1.36. The molecule has 1 aromatic carbocycles. The summed E-state index contributed by atoms with van der Waals surface area (Å²) in [5, 5.41) is 9.48. The van der Waals surface area contributed by atoms with E-state index in [1.165, 1.54) is 23.5 Å². The number of thioether (sulfide) groups is 1. The Labute approximate surface area is 109 Å². The van der Waals surface area contributed by atoms with E-state index >= 15 is 0 Å². The Kier molecular flexibility index (Phi) is 3.94. The van der Waals surface area contributed by atoms with Gasteiger partial charge in [-0.15, -0.1) is 0 Å². The van der Waals surface area contributed by atoms with Crippen molar-refractivity contribution in [2.24, 2.45) is 0 Å². The van der Waals surface area contributed by atoms with Gasteiger partial charge in [0.2, 0.25) is 0 Å². The molecule has 1 N–H and O–H groups in total. The van der Waals surface area contributed by atoms with Crippen molar-refractivity contribution in [2.75, 3.05) is 0 Å². The molecule has 5 heteroatoms. The van der Waals surface area contributed by atoms with Gasteiger partial charge in [-0.1, -0.05) is 42.1 Å². The van der Waals surface area contributed by atoms with Gasteiger partial charge >= 0.3 is 5.97 Å². The standard InChI is InChI=1S/C13H12N2O2S/c1-9-11(12(16)17)7-14-13(15-9)18-8-10-5-3-2-4-6-10/h2-7H,8H2,1H3,(H,16,17). The minimum absolute atomic E-state index is 0.152. The summed E-state index contributed by atoms with van der Waals surface area (Å²) in [5.74, 6) is -0.223. The van der Waals surface area contributed by atoms with Gasteiger partial charge in [0.15, 0.2) is 5.16 Å². The van der Waals surface area contributed by atoms with Crippen LogP contribution in [0, 0.1) is 6.92 Å². The van der Waals surface area contributed by atoms with E-state index in [4.69, 9.17) is 5.11 Å². The number of carbonyl (C=O) groups is 1. The van der Waals surface area contributed by atoms with Crippen molar-refractivity contribution in [1.82, 2.24) is 9.97 Å². The molecule has 0 amide bonds. The number of carboxylic acids is 1. The van der Waals surface area contributed by atoms with Crippen LogP contribution in [-0.4, -0.2) is 21.0 Å². The molecule has 0 saturated heterocycles. The molecule has 1 aromatic heterocycles. The number of carboxylic acid groups (broad SMARTS) is 1. The topological polar surface area (TPSA) is 63.1 Å². The molecule has 2 aromatic rings. The predicted molar refractivity (Wildman–Crippen MR) is 69.7 cm³/mol. The first kappa shape index (κ1) is 12.6. The lowest BCUT2D eigenvalue weighted by Crippen LogP contribution is -2.03. The van der Waals surface area contributed by atoms with E-state index in [0.717, 1.165) is 5.75 Å². The largest absolute Gasteiger partial charge is 0.478 e. The summed E-state index contributed by atoms with van der Waals surface area (Å²) >= 11 is 1.49. The van der Waals surface area contributed by atoms with E-state index in [1.54, 1.807) is 6.92 Å². The lowest BCUT2D eigenvalue weighted by atomic mass is 10.2. The molecule has 1 heterocycles. The molecule has 4 nitrogen and oxygen atoms in total. The highest BCUT2D eigenvalue weighted by Gasteiger charge is 2.10. The van der Waals surface area contributed by atoms with Crippen LogP contribution in [-0.2, 0) is 5.75 Å². The Hall–Kier alpha value is -1.88. The van der Waals surface area contributed by atoms with E-state index in [9.17, 15) is 4.79 Å². The van der Waals surface area contributed by atoms with Crippen LogP contribution >= 0.6 is 11.8 Å². The maximum Gasteiger partial charge on any atom is 0.339 e. The first-order valence-corrected chi connectivity index (χ1v) is 6.39. The molecule has 0 bridgehead atoms. The molecule has 0 radical (unpaired) electrons. The number of rotatable bonds is 4. The quantitative estimate of drug-likeness (QED) is 0.676. The summed E-state index contributed by atoms with van der Waals surface area (Å²) in [6.45, 7) is 1.68. The third kappa shape index (κ3) is 3.07. The van der Waals surface area contributed by atoms with Gasteiger partial charge in [0, 0.05) is 11.9 Å². The number of aromatic nitrogens is 2. The van der Waals surface area contributed by atoms with Gasteiger partial charge in [-0.25, -0.2) is 14.8 Å². The van der Waals surface area contributed by atoms with Gasteiger partial charge in [-0.2, -0.15) is 0 Å². The van der Waals surface area contributed by atoms with Crippen molar-refractivity contribution in [1.29, 1.82) is 0 Å². The molecule has 0 aliphatic carbocycles. The second-order valence-electron chi connectivity index (χ2n) is 3.73. The summed E-state index contributed by atoms with van der Waals surface area (Å²) in [6, 6.07) is 10.00. The van der Waals surface area contributed by atoms with Crippen molar-refractivity contribution in [2.45, 2.75) is 17.8 Å².